The zero-order chi connectivity index (χ0) is 17.1. The molecule has 0 saturated carbocycles. The van der Waals surface area contributed by atoms with E-state index < -0.39 is 0 Å². The van der Waals surface area contributed by atoms with Crippen molar-refractivity contribution in [3.8, 4) is 11.3 Å². The third kappa shape index (κ3) is 3.11. The Morgan fingerprint density at radius 2 is 1.16 bits per heavy atom. The fraction of sp³-hybridized carbons (Fsp3) is 0.0870. The summed E-state index contributed by atoms with van der Waals surface area (Å²) in [6, 6.07) is 33.3. The van der Waals surface area contributed by atoms with Crippen LogP contribution in [0.15, 0.2) is 102 Å². The quantitative estimate of drug-likeness (QED) is 0.472. The van der Waals surface area contributed by atoms with Crippen molar-refractivity contribution >= 4 is 0 Å². The molecular formula is C23H20NO+. The Morgan fingerprint density at radius 1 is 0.680 bits per heavy atom. The van der Waals surface area contributed by atoms with Crippen LogP contribution in [0.25, 0.3) is 11.3 Å². The molecule has 2 nitrogen and oxygen atoms in total. The maximum Gasteiger partial charge on any atom is 0.253 e. The van der Waals surface area contributed by atoms with Gasteiger partial charge in [0, 0.05) is 23.6 Å². The first-order chi connectivity index (χ1) is 12.3. The summed E-state index contributed by atoms with van der Waals surface area (Å²) in [6.45, 7) is 2.09. The molecule has 0 saturated heterocycles. The van der Waals surface area contributed by atoms with Gasteiger partial charge in [0.2, 0.25) is 11.5 Å². The maximum absolute atomic E-state index is 6.29. The van der Waals surface area contributed by atoms with Gasteiger partial charge in [-0.1, -0.05) is 91.0 Å². The third-order valence-electron chi connectivity index (χ3n) is 4.41. The van der Waals surface area contributed by atoms with Crippen molar-refractivity contribution in [3.05, 3.63) is 114 Å². The van der Waals surface area contributed by atoms with Gasteiger partial charge >= 0.3 is 0 Å². The largest absolute Gasteiger partial charge is 0.253 e. The van der Waals surface area contributed by atoms with Gasteiger partial charge in [-0.2, -0.15) is 0 Å². The Balaban J connectivity index is 1.85. The number of rotatable bonds is 4. The summed E-state index contributed by atoms with van der Waals surface area (Å²) in [4.78, 5) is 0. The van der Waals surface area contributed by atoms with E-state index in [4.69, 9.17) is 4.52 Å². The highest BCUT2D eigenvalue weighted by Gasteiger charge is 2.30. The summed E-state index contributed by atoms with van der Waals surface area (Å²) in [5, 5.41) is 0. The Bertz CT molecular complexity index is 904. The standard InChI is InChI=1S/C23H20NO/c1-18-17-22(19-11-5-2-6-12-19)25-24(18)23(20-13-7-3-8-14-20)21-15-9-4-10-16-21/h2-17,23H,1H3/q+1. The molecule has 1 heterocycles. The van der Waals surface area contributed by atoms with Gasteiger partial charge in [-0.3, -0.25) is 0 Å². The molecule has 0 N–H and O–H groups in total. The molecule has 1 aromatic heterocycles. The average molecular weight is 326 g/mol. The molecule has 0 unspecified atom stereocenters. The first-order valence-corrected chi connectivity index (χ1v) is 8.51. The molecule has 25 heavy (non-hydrogen) atoms. The molecule has 4 aromatic rings. The van der Waals surface area contributed by atoms with E-state index in [1.807, 2.05) is 35.1 Å². The van der Waals surface area contributed by atoms with Gasteiger partial charge in [0.25, 0.3) is 6.04 Å². The first-order valence-electron chi connectivity index (χ1n) is 8.51. The van der Waals surface area contributed by atoms with Crippen molar-refractivity contribution in [2.45, 2.75) is 13.0 Å². The zero-order valence-electron chi connectivity index (χ0n) is 14.2. The number of hydrogen-bond acceptors (Lipinski definition) is 1. The summed E-state index contributed by atoms with van der Waals surface area (Å²) < 4.78 is 8.30. The van der Waals surface area contributed by atoms with Gasteiger partial charge in [0.15, 0.2) is 0 Å². The maximum atomic E-state index is 6.29. The summed E-state index contributed by atoms with van der Waals surface area (Å²) in [5.41, 5.74) is 4.59. The van der Waals surface area contributed by atoms with Crippen LogP contribution in [0.5, 0.6) is 0 Å². The fourth-order valence-electron chi connectivity index (χ4n) is 3.19. The molecule has 0 aliphatic rings. The SMILES string of the molecule is Cc1cc(-c2ccccc2)o[n+]1C(c1ccccc1)c1ccccc1. The molecule has 0 aliphatic carbocycles. The molecule has 2 heteroatoms. The monoisotopic (exact) mass is 326 g/mol. The van der Waals surface area contributed by atoms with E-state index >= 15 is 0 Å². The van der Waals surface area contributed by atoms with Crippen molar-refractivity contribution < 1.29 is 9.26 Å². The van der Waals surface area contributed by atoms with Crippen LogP contribution in [-0.4, -0.2) is 0 Å². The van der Waals surface area contributed by atoms with Crippen LogP contribution in [0.3, 0.4) is 0 Å². The number of aryl methyl sites for hydroxylation is 1. The van der Waals surface area contributed by atoms with Crippen molar-refractivity contribution in [1.82, 2.24) is 0 Å². The Morgan fingerprint density at radius 3 is 1.68 bits per heavy atom. The van der Waals surface area contributed by atoms with E-state index in [0.717, 1.165) is 17.0 Å². The highest BCUT2D eigenvalue weighted by atomic mass is 16.5. The molecule has 0 fully saturated rings. The summed E-state index contributed by atoms with van der Waals surface area (Å²) in [7, 11) is 0. The van der Waals surface area contributed by atoms with Crippen molar-refractivity contribution in [2.24, 2.45) is 0 Å². The van der Waals surface area contributed by atoms with E-state index in [9.17, 15) is 0 Å². The molecule has 122 valence electrons. The molecule has 0 spiro atoms. The second-order valence-electron chi connectivity index (χ2n) is 6.16. The smallest absolute Gasteiger partial charge is 0.235 e. The van der Waals surface area contributed by atoms with Gasteiger partial charge < -0.3 is 0 Å². The van der Waals surface area contributed by atoms with Crippen molar-refractivity contribution in [1.29, 1.82) is 0 Å². The number of hydrogen-bond donors (Lipinski definition) is 0. The van der Waals surface area contributed by atoms with Crippen LogP contribution in [0.4, 0.5) is 0 Å². The van der Waals surface area contributed by atoms with Gasteiger partial charge in [-0.15, -0.1) is 0 Å². The van der Waals surface area contributed by atoms with E-state index in [1.54, 1.807) is 0 Å². The molecule has 3 aromatic carbocycles. The third-order valence-corrected chi connectivity index (χ3v) is 4.41. The Kier molecular flexibility index (Phi) is 4.17. The average Bonchev–Trinajstić information content (AvgIpc) is 3.06. The van der Waals surface area contributed by atoms with E-state index in [-0.39, 0.29) is 6.04 Å². The summed E-state index contributed by atoms with van der Waals surface area (Å²) in [5.74, 6) is 0.884. The van der Waals surface area contributed by atoms with Crippen LogP contribution in [0.2, 0.25) is 0 Å². The van der Waals surface area contributed by atoms with Gasteiger partial charge in [-0.25, -0.2) is 4.52 Å². The second kappa shape index (κ2) is 6.78. The molecule has 0 atom stereocenters. The van der Waals surface area contributed by atoms with Crippen molar-refractivity contribution in [2.75, 3.05) is 0 Å². The second-order valence-corrected chi connectivity index (χ2v) is 6.16. The Hall–Kier alpha value is -3.13. The summed E-state index contributed by atoms with van der Waals surface area (Å²) in [6.07, 6.45) is 0. The van der Waals surface area contributed by atoms with Gasteiger partial charge in [-0.05, 0) is 4.74 Å². The Labute approximate surface area is 148 Å². The topological polar surface area (TPSA) is 17.0 Å². The van der Waals surface area contributed by atoms with E-state index in [2.05, 4.69) is 73.7 Å². The minimum Gasteiger partial charge on any atom is -0.235 e. The molecule has 0 aliphatic heterocycles. The minimum atomic E-state index is 0.0138. The summed E-state index contributed by atoms with van der Waals surface area (Å²) >= 11 is 0. The fourth-order valence-corrected chi connectivity index (χ4v) is 3.19. The molecule has 0 bridgehead atoms. The minimum absolute atomic E-state index is 0.0138. The predicted octanol–water partition coefficient (Wildman–Crippen LogP) is 5.18. The lowest BCUT2D eigenvalue weighted by molar-refractivity contribution is -0.872. The predicted molar refractivity (Wildman–Crippen MR) is 99.2 cm³/mol. The van der Waals surface area contributed by atoms with Crippen LogP contribution in [0.1, 0.15) is 22.9 Å². The van der Waals surface area contributed by atoms with Gasteiger partial charge in [0.1, 0.15) is 0 Å². The molecular weight excluding hydrogens is 306 g/mol. The van der Waals surface area contributed by atoms with E-state index in [0.29, 0.717) is 0 Å². The lowest BCUT2D eigenvalue weighted by atomic mass is 9.99. The lowest BCUT2D eigenvalue weighted by Crippen LogP contribution is -2.41. The molecule has 0 radical (unpaired) electrons. The molecule has 0 amide bonds. The zero-order valence-corrected chi connectivity index (χ0v) is 14.2. The van der Waals surface area contributed by atoms with Crippen LogP contribution in [-0.2, 0) is 0 Å². The highest BCUT2D eigenvalue weighted by Crippen LogP contribution is 2.25. The highest BCUT2D eigenvalue weighted by molar-refractivity contribution is 5.56. The van der Waals surface area contributed by atoms with Gasteiger partial charge in [0.05, 0.1) is 6.07 Å². The lowest BCUT2D eigenvalue weighted by Gasteiger charge is -2.10. The van der Waals surface area contributed by atoms with E-state index in [1.165, 1.54) is 11.1 Å². The number of nitrogens with zero attached hydrogens (tertiary/aromatic N) is 1. The van der Waals surface area contributed by atoms with Crippen LogP contribution < -0.4 is 4.74 Å². The normalized spacial score (nSPS) is 11.0. The van der Waals surface area contributed by atoms with Crippen molar-refractivity contribution in [3.63, 3.8) is 0 Å². The number of aromatic nitrogens is 1. The molecule has 4 rings (SSSR count). The first kappa shape index (κ1) is 15.4. The van der Waals surface area contributed by atoms with Crippen LogP contribution >= 0.6 is 0 Å². The van der Waals surface area contributed by atoms with Crippen LogP contribution in [0, 0.1) is 6.92 Å². The number of benzene rings is 3.